The van der Waals surface area contributed by atoms with Gasteiger partial charge in [-0.05, 0) is 12.5 Å². The summed E-state index contributed by atoms with van der Waals surface area (Å²) in [6, 6.07) is 9.58. The first-order valence-corrected chi connectivity index (χ1v) is 7.20. The molecule has 0 bridgehead atoms. The van der Waals surface area contributed by atoms with Gasteiger partial charge in [0.05, 0.1) is 0 Å². The molecule has 0 radical (unpaired) electrons. The third kappa shape index (κ3) is 3.97. The molecule has 0 atom stereocenters. The normalized spacial score (nSPS) is 10.6. The van der Waals surface area contributed by atoms with Gasteiger partial charge in [0, 0.05) is 13.2 Å². The lowest BCUT2D eigenvalue weighted by molar-refractivity contribution is 0.0788. The Labute approximate surface area is 132 Å². The van der Waals surface area contributed by atoms with Gasteiger partial charge < -0.3 is 10.1 Å². The Morgan fingerprint density at radius 2 is 2.05 bits per heavy atom. The molecule has 0 unspecified atom stereocenters. The summed E-state index contributed by atoms with van der Waals surface area (Å²) in [5.41, 5.74) is 0.992. The fourth-order valence-electron chi connectivity index (χ4n) is 1.73. The van der Waals surface area contributed by atoms with Crippen molar-refractivity contribution in [2.45, 2.75) is 20.2 Å². The minimum absolute atomic E-state index is 0.0845. The fraction of sp³-hybridized carbons (Fsp3) is 0.286. The van der Waals surface area contributed by atoms with Crippen molar-refractivity contribution in [1.29, 1.82) is 0 Å². The maximum atomic E-state index is 12.2. The summed E-state index contributed by atoms with van der Waals surface area (Å²) in [7, 11) is 0. The van der Waals surface area contributed by atoms with Crippen molar-refractivity contribution in [2.75, 3.05) is 6.61 Å². The standard InChI is InChI=1S/C14H15Cl2N3O2/c1-2-21-9-19-12(16)11(15)18-13(19)14(20)17-8-10-6-4-3-5-7-10/h3-7H,2,8-9H2,1H3,(H,17,20). The average molecular weight is 328 g/mol. The van der Waals surface area contributed by atoms with Gasteiger partial charge in [0.2, 0.25) is 5.82 Å². The van der Waals surface area contributed by atoms with Gasteiger partial charge in [-0.15, -0.1) is 0 Å². The number of carbonyl (C=O) groups is 1. The van der Waals surface area contributed by atoms with E-state index in [9.17, 15) is 4.79 Å². The molecule has 0 spiro atoms. The van der Waals surface area contributed by atoms with Crippen molar-refractivity contribution in [2.24, 2.45) is 0 Å². The highest BCUT2D eigenvalue weighted by Crippen LogP contribution is 2.23. The molecule has 1 heterocycles. The maximum absolute atomic E-state index is 12.2. The number of carbonyl (C=O) groups excluding carboxylic acids is 1. The maximum Gasteiger partial charge on any atom is 0.287 e. The fourth-order valence-corrected chi connectivity index (χ4v) is 2.09. The van der Waals surface area contributed by atoms with Gasteiger partial charge in [0.1, 0.15) is 11.9 Å². The number of nitrogens with zero attached hydrogens (tertiary/aromatic N) is 2. The van der Waals surface area contributed by atoms with Gasteiger partial charge in [-0.25, -0.2) is 4.98 Å². The number of amides is 1. The molecular formula is C14H15Cl2N3O2. The molecule has 21 heavy (non-hydrogen) atoms. The lowest BCUT2D eigenvalue weighted by Gasteiger charge is -2.09. The van der Waals surface area contributed by atoms with E-state index in [2.05, 4.69) is 10.3 Å². The van der Waals surface area contributed by atoms with E-state index < -0.39 is 0 Å². The number of hydrogen-bond acceptors (Lipinski definition) is 3. The molecule has 0 fully saturated rings. The largest absolute Gasteiger partial charge is 0.361 e. The zero-order chi connectivity index (χ0) is 15.2. The Hall–Kier alpha value is -1.56. The summed E-state index contributed by atoms with van der Waals surface area (Å²) in [6.45, 7) is 2.87. The number of aromatic nitrogens is 2. The van der Waals surface area contributed by atoms with Gasteiger partial charge in [-0.2, -0.15) is 0 Å². The molecule has 0 saturated heterocycles. The first kappa shape index (κ1) is 15.8. The van der Waals surface area contributed by atoms with Crippen LogP contribution in [-0.4, -0.2) is 22.1 Å². The Kier molecular flexibility index (Phi) is 5.61. The summed E-state index contributed by atoms with van der Waals surface area (Å²) >= 11 is 11.9. The number of halogens is 2. The van der Waals surface area contributed by atoms with Gasteiger partial charge in [-0.1, -0.05) is 53.5 Å². The molecule has 0 saturated carbocycles. The molecule has 112 valence electrons. The van der Waals surface area contributed by atoms with E-state index in [1.54, 1.807) is 0 Å². The Morgan fingerprint density at radius 3 is 2.71 bits per heavy atom. The molecule has 7 heteroatoms. The van der Waals surface area contributed by atoms with Crippen LogP contribution in [0.5, 0.6) is 0 Å². The number of hydrogen-bond donors (Lipinski definition) is 1. The van der Waals surface area contributed by atoms with Crippen LogP contribution < -0.4 is 5.32 Å². The van der Waals surface area contributed by atoms with E-state index >= 15 is 0 Å². The van der Waals surface area contributed by atoms with E-state index in [0.29, 0.717) is 13.2 Å². The molecule has 2 rings (SSSR count). The predicted octanol–water partition coefficient (Wildman–Crippen LogP) is 3.11. The van der Waals surface area contributed by atoms with Crippen LogP contribution in [0, 0.1) is 0 Å². The van der Waals surface area contributed by atoms with E-state index in [0.717, 1.165) is 5.56 Å². The van der Waals surface area contributed by atoms with Crippen LogP contribution in [0.4, 0.5) is 0 Å². The molecule has 2 aromatic rings. The minimum Gasteiger partial charge on any atom is -0.361 e. The number of nitrogens with one attached hydrogen (secondary N) is 1. The first-order chi connectivity index (χ1) is 10.1. The topological polar surface area (TPSA) is 56.1 Å². The number of rotatable bonds is 6. The molecule has 1 aromatic carbocycles. The molecule has 1 N–H and O–H groups in total. The third-order valence-electron chi connectivity index (χ3n) is 2.79. The van der Waals surface area contributed by atoms with Crippen LogP contribution in [0.1, 0.15) is 23.1 Å². The summed E-state index contributed by atoms with van der Waals surface area (Å²) in [6.07, 6.45) is 0. The van der Waals surface area contributed by atoms with E-state index in [1.807, 2.05) is 37.3 Å². The first-order valence-electron chi connectivity index (χ1n) is 6.44. The van der Waals surface area contributed by atoms with Crippen LogP contribution in [0.2, 0.25) is 10.3 Å². The van der Waals surface area contributed by atoms with Crippen molar-refractivity contribution in [3.63, 3.8) is 0 Å². The van der Waals surface area contributed by atoms with E-state index in [1.165, 1.54) is 4.57 Å². The van der Waals surface area contributed by atoms with Crippen LogP contribution in [0.25, 0.3) is 0 Å². The highest BCUT2D eigenvalue weighted by molar-refractivity contribution is 6.40. The summed E-state index contributed by atoms with van der Waals surface area (Å²) < 4.78 is 6.71. The van der Waals surface area contributed by atoms with Crippen molar-refractivity contribution in [3.8, 4) is 0 Å². The second kappa shape index (κ2) is 7.45. The molecule has 5 nitrogen and oxygen atoms in total. The lowest BCUT2D eigenvalue weighted by Crippen LogP contribution is -2.26. The minimum atomic E-state index is -0.354. The van der Waals surface area contributed by atoms with E-state index in [4.69, 9.17) is 27.9 Å². The molecular weight excluding hydrogens is 313 g/mol. The third-order valence-corrected chi connectivity index (χ3v) is 3.53. The summed E-state index contributed by atoms with van der Waals surface area (Å²) in [4.78, 5) is 16.2. The molecule has 0 aliphatic heterocycles. The van der Waals surface area contributed by atoms with Crippen LogP contribution in [0.3, 0.4) is 0 Å². The Bertz CT molecular complexity index is 614. The second-order valence-corrected chi connectivity index (χ2v) is 4.95. The molecule has 0 aliphatic rings. The number of ether oxygens (including phenoxy) is 1. The summed E-state index contributed by atoms with van der Waals surface area (Å²) in [5.74, 6) is -0.221. The van der Waals surface area contributed by atoms with Gasteiger partial charge in [0.25, 0.3) is 5.91 Å². The van der Waals surface area contributed by atoms with Gasteiger partial charge in [0.15, 0.2) is 5.15 Å². The van der Waals surface area contributed by atoms with Crippen molar-refractivity contribution >= 4 is 29.1 Å². The summed E-state index contributed by atoms with van der Waals surface area (Å²) in [5, 5.41) is 3.05. The highest BCUT2D eigenvalue weighted by Gasteiger charge is 2.20. The van der Waals surface area contributed by atoms with Gasteiger partial charge >= 0.3 is 0 Å². The van der Waals surface area contributed by atoms with Crippen LogP contribution in [-0.2, 0) is 18.0 Å². The quantitative estimate of drug-likeness (QED) is 0.886. The van der Waals surface area contributed by atoms with Crippen LogP contribution in [0.15, 0.2) is 30.3 Å². The number of benzene rings is 1. The van der Waals surface area contributed by atoms with Crippen molar-refractivity contribution < 1.29 is 9.53 Å². The molecule has 1 amide bonds. The Balaban J connectivity index is 2.09. The monoisotopic (exact) mass is 327 g/mol. The zero-order valence-electron chi connectivity index (χ0n) is 11.5. The Morgan fingerprint density at radius 1 is 1.33 bits per heavy atom. The van der Waals surface area contributed by atoms with Gasteiger partial charge in [-0.3, -0.25) is 9.36 Å². The average Bonchev–Trinajstić information content (AvgIpc) is 2.79. The SMILES string of the molecule is CCOCn1c(C(=O)NCc2ccccc2)nc(Cl)c1Cl. The highest BCUT2D eigenvalue weighted by atomic mass is 35.5. The molecule has 1 aromatic heterocycles. The predicted molar refractivity (Wildman–Crippen MR) is 81.5 cm³/mol. The smallest absolute Gasteiger partial charge is 0.287 e. The lowest BCUT2D eigenvalue weighted by atomic mass is 10.2. The second-order valence-electron chi connectivity index (χ2n) is 4.24. The molecule has 0 aliphatic carbocycles. The zero-order valence-corrected chi connectivity index (χ0v) is 13.0. The van der Waals surface area contributed by atoms with Crippen molar-refractivity contribution in [3.05, 3.63) is 52.0 Å². The van der Waals surface area contributed by atoms with Crippen molar-refractivity contribution in [1.82, 2.24) is 14.9 Å². The van der Waals surface area contributed by atoms with E-state index in [-0.39, 0.29) is 28.8 Å². The number of imidazole rings is 1. The van der Waals surface area contributed by atoms with Crippen LogP contribution >= 0.6 is 23.2 Å².